The van der Waals surface area contributed by atoms with Crippen LogP contribution in [0.1, 0.15) is 5.76 Å². The Morgan fingerprint density at radius 3 is 2.82 bits per heavy atom. The van der Waals surface area contributed by atoms with Crippen molar-refractivity contribution in [3.63, 3.8) is 0 Å². The van der Waals surface area contributed by atoms with Gasteiger partial charge in [-0.05, 0) is 12.1 Å². The molecule has 0 fully saturated rings. The van der Waals surface area contributed by atoms with Crippen LogP contribution in [0.2, 0.25) is 0 Å². The Morgan fingerprint density at radius 1 is 1.45 bits per heavy atom. The van der Waals surface area contributed by atoms with Crippen LogP contribution in [0.15, 0.2) is 22.8 Å². The molecule has 0 aromatic carbocycles. The number of nitrogens with two attached hydrogens (primary N) is 1. The summed E-state index contributed by atoms with van der Waals surface area (Å²) in [4.78, 5) is 28.4. The summed E-state index contributed by atoms with van der Waals surface area (Å²) in [5, 5.41) is 24.8. The highest BCUT2D eigenvalue weighted by Gasteiger charge is 2.23. The number of furan rings is 1. The lowest BCUT2D eigenvalue weighted by Crippen LogP contribution is -2.16. The van der Waals surface area contributed by atoms with E-state index in [4.69, 9.17) is 15.3 Å². The minimum Gasteiger partial charge on any atom is -0.480 e. The van der Waals surface area contributed by atoms with Crippen LogP contribution in [0.5, 0.6) is 0 Å². The van der Waals surface area contributed by atoms with E-state index in [-0.39, 0.29) is 24.1 Å². The van der Waals surface area contributed by atoms with Crippen LogP contribution in [-0.2, 0) is 11.3 Å². The predicted octanol–water partition coefficient (Wildman–Crippen LogP) is 0.669. The van der Waals surface area contributed by atoms with E-state index in [0.29, 0.717) is 5.76 Å². The number of nitrogens with zero attached hydrogens (tertiary/aromatic N) is 3. The Kier molecular flexibility index (Phi) is 4.36. The van der Waals surface area contributed by atoms with Gasteiger partial charge in [-0.3, -0.25) is 14.9 Å². The Labute approximate surface area is 123 Å². The quantitative estimate of drug-likeness (QED) is 0.421. The predicted molar refractivity (Wildman–Crippen MR) is 75.3 cm³/mol. The van der Waals surface area contributed by atoms with Crippen molar-refractivity contribution in [2.45, 2.75) is 6.54 Å². The summed E-state index contributed by atoms with van der Waals surface area (Å²) in [6.45, 7) is -0.308. The average Bonchev–Trinajstić information content (AvgIpc) is 2.95. The second-order valence-corrected chi connectivity index (χ2v) is 4.07. The van der Waals surface area contributed by atoms with E-state index in [2.05, 4.69) is 20.6 Å². The topological polar surface area (TPSA) is 169 Å². The van der Waals surface area contributed by atoms with Gasteiger partial charge < -0.3 is 25.9 Å². The highest BCUT2D eigenvalue weighted by atomic mass is 16.6. The molecule has 22 heavy (non-hydrogen) atoms. The highest BCUT2D eigenvalue weighted by Crippen LogP contribution is 2.29. The van der Waals surface area contributed by atoms with Crippen molar-refractivity contribution < 1.29 is 19.2 Å². The zero-order valence-electron chi connectivity index (χ0n) is 11.1. The first-order valence-electron chi connectivity index (χ1n) is 6.01. The highest BCUT2D eigenvalue weighted by molar-refractivity contribution is 5.73. The Hall–Kier alpha value is -3.37. The van der Waals surface area contributed by atoms with Crippen molar-refractivity contribution in [2.24, 2.45) is 0 Å². The van der Waals surface area contributed by atoms with E-state index < -0.39 is 23.1 Å². The molecular weight excluding hydrogens is 296 g/mol. The number of carbonyl (C=O) groups is 1. The molecule has 0 spiro atoms. The molecule has 5 N–H and O–H groups in total. The van der Waals surface area contributed by atoms with Gasteiger partial charge in [0.05, 0.1) is 17.7 Å². The number of nitro groups is 1. The lowest BCUT2D eigenvalue weighted by molar-refractivity contribution is -0.383. The van der Waals surface area contributed by atoms with Crippen molar-refractivity contribution in [3.05, 3.63) is 34.3 Å². The molecule has 116 valence electrons. The molecule has 0 saturated carbocycles. The van der Waals surface area contributed by atoms with Crippen molar-refractivity contribution in [2.75, 3.05) is 22.9 Å². The first kappa shape index (κ1) is 15.0. The minimum atomic E-state index is -1.13. The summed E-state index contributed by atoms with van der Waals surface area (Å²) >= 11 is 0. The van der Waals surface area contributed by atoms with E-state index in [0.717, 1.165) is 0 Å². The zero-order chi connectivity index (χ0) is 16.1. The van der Waals surface area contributed by atoms with Crippen LogP contribution < -0.4 is 16.4 Å². The number of anilines is 3. The number of rotatable bonds is 7. The molecule has 2 rings (SSSR count). The van der Waals surface area contributed by atoms with Gasteiger partial charge in [-0.1, -0.05) is 0 Å². The average molecular weight is 308 g/mol. The standard InChI is InChI=1S/C11H12N6O5/c12-9-8(17(20)21)10(13-4-6-2-1-3-22-6)16-11(15-9)14-5-7(18)19/h1-3H,4-5H2,(H,18,19)(H4,12,13,14,15,16). The molecule has 0 atom stereocenters. The normalized spacial score (nSPS) is 10.2. The van der Waals surface area contributed by atoms with Crippen molar-refractivity contribution in [3.8, 4) is 0 Å². The van der Waals surface area contributed by atoms with Gasteiger partial charge >= 0.3 is 11.7 Å². The second kappa shape index (κ2) is 6.39. The number of hydrogen-bond acceptors (Lipinski definition) is 9. The molecule has 0 radical (unpaired) electrons. The van der Waals surface area contributed by atoms with Gasteiger partial charge in [0.1, 0.15) is 12.3 Å². The van der Waals surface area contributed by atoms with Crippen LogP contribution in [0.4, 0.5) is 23.3 Å². The van der Waals surface area contributed by atoms with Crippen LogP contribution >= 0.6 is 0 Å². The van der Waals surface area contributed by atoms with E-state index in [9.17, 15) is 14.9 Å². The molecule has 2 heterocycles. The number of hydrogen-bond donors (Lipinski definition) is 4. The van der Waals surface area contributed by atoms with Gasteiger partial charge in [-0.15, -0.1) is 0 Å². The second-order valence-electron chi connectivity index (χ2n) is 4.07. The van der Waals surface area contributed by atoms with Crippen molar-refractivity contribution in [1.82, 2.24) is 9.97 Å². The van der Waals surface area contributed by atoms with Gasteiger partial charge in [-0.25, -0.2) is 0 Å². The molecular formula is C11H12N6O5. The number of aromatic nitrogens is 2. The smallest absolute Gasteiger partial charge is 0.353 e. The van der Waals surface area contributed by atoms with Gasteiger partial charge in [0.15, 0.2) is 0 Å². The fourth-order valence-electron chi connectivity index (χ4n) is 1.59. The lowest BCUT2D eigenvalue weighted by Gasteiger charge is -2.09. The van der Waals surface area contributed by atoms with E-state index in [1.165, 1.54) is 6.26 Å². The molecule has 11 nitrogen and oxygen atoms in total. The molecule has 0 unspecified atom stereocenters. The number of nitrogens with one attached hydrogen (secondary N) is 2. The third-order valence-electron chi connectivity index (χ3n) is 2.50. The van der Waals surface area contributed by atoms with Crippen LogP contribution in [0, 0.1) is 10.1 Å². The minimum absolute atomic E-state index is 0.132. The van der Waals surface area contributed by atoms with E-state index in [1.54, 1.807) is 12.1 Å². The molecule has 0 aliphatic rings. The summed E-state index contributed by atoms with van der Waals surface area (Å²) in [7, 11) is 0. The van der Waals surface area contributed by atoms with Crippen LogP contribution in [0.25, 0.3) is 0 Å². The summed E-state index contributed by atoms with van der Waals surface area (Å²) in [5.74, 6) is -1.25. The maximum absolute atomic E-state index is 11.0. The Balaban J connectivity index is 2.26. The summed E-state index contributed by atoms with van der Waals surface area (Å²) in [6.07, 6.45) is 1.46. The van der Waals surface area contributed by atoms with Crippen LogP contribution in [0.3, 0.4) is 0 Å². The fourth-order valence-corrected chi connectivity index (χ4v) is 1.59. The van der Waals surface area contributed by atoms with Gasteiger partial charge in [0, 0.05) is 0 Å². The molecule has 2 aromatic rings. The number of nitrogen functional groups attached to an aromatic ring is 1. The van der Waals surface area contributed by atoms with E-state index in [1.807, 2.05) is 0 Å². The molecule has 0 aliphatic carbocycles. The first-order valence-corrected chi connectivity index (χ1v) is 6.01. The molecule has 2 aromatic heterocycles. The number of aliphatic carboxylic acids is 1. The third kappa shape index (κ3) is 3.59. The fraction of sp³-hybridized carbons (Fsp3) is 0.182. The Morgan fingerprint density at radius 2 is 2.23 bits per heavy atom. The van der Waals surface area contributed by atoms with Gasteiger partial charge in [-0.2, -0.15) is 9.97 Å². The molecule has 0 saturated heterocycles. The van der Waals surface area contributed by atoms with Gasteiger partial charge in [0.2, 0.25) is 17.6 Å². The molecule has 11 heteroatoms. The molecule has 0 bridgehead atoms. The third-order valence-corrected chi connectivity index (χ3v) is 2.50. The number of carboxylic acids is 1. The van der Waals surface area contributed by atoms with Crippen LogP contribution in [-0.4, -0.2) is 32.5 Å². The molecule has 0 aliphatic heterocycles. The SMILES string of the molecule is Nc1nc(NCC(=O)O)nc(NCc2ccco2)c1[N+](=O)[O-]. The maximum Gasteiger partial charge on any atom is 0.353 e. The zero-order valence-corrected chi connectivity index (χ0v) is 11.1. The first-order chi connectivity index (χ1) is 10.5. The van der Waals surface area contributed by atoms with Crippen molar-refractivity contribution in [1.29, 1.82) is 0 Å². The van der Waals surface area contributed by atoms with Gasteiger partial charge in [0.25, 0.3) is 0 Å². The van der Waals surface area contributed by atoms with Crippen molar-refractivity contribution >= 4 is 29.2 Å². The summed E-state index contributed by atoms with van der Waals surface area (Å²) in [5.41, 5.74) is 5.04. The maximum atomic E-state index is 11.0. The van der Waals surface area contributed by atoms with E-state index >= 15 is 0 Å². The summed E-state index contributed by atoms with van der Waals surface area (Å²) < 4.78 is 5.09. The lowest BCUT2D eigenvalue weighted by atomic mass is 10.4. The summed E-state index contributed by atoms with van der Waals surface area (Å²) in [6, 6.07) is 3.34. The molecule has 0 amide bonds. The monoisotopic (exact) mass is 308 g/mol. The number of carboxylic acid groups (broad SMARTS) is 1. The Bertz CT molecular complexity index is 687. The largest absolute Gasteiger partial charge is 0.480 e.